The second-order valence-corrected chi connectivity index (χ2v) is 10.8. The highest BCUT2D eigenvalue weighted by Gasteiger charge is 2.48. The fourth-order valence-corrected chi connectivity index (χ4v) is 5.98. The maximum absolute atomic E-state index is 12.8. The number of halogens is 3. The first-order chi connectivity index (χ1) is 20.2. The number of carboxylic acids is 1. The highest BCUT2D eigenvalue weighted by molar-refractivity contribution is 5.97. The summed E-state index contributed by atoms with van der Waals surface area (Å²) in [6.45, 7) is 2.86. The molecule has 1 amide bonds. The first-order valence-electron chi connectivity index (χ1n) is 14.3. The molecule has 6 nitrogen and oxygen atoms in total. The van der Waals surface area contributed by atoms with Gasteiger partial charge in [0.05, 0.1) is 6.42 Å². The van der Waals surface area contributed by atoms with E-state index in [2.05, 4.69) is 4.90 Å². The van der Waals surface area contributed by atoms with Crippen LogP contribution in [0.1, 0.15) is 42.4 Å². The Morgan fingerprint density at radius 2 is 1.38 bits per heavy atom. The Kier molecular flexibility index (Phi) is 10.4. The summed E-state index contributed by atoms with van der Waals surface area (Å²) in [4.78, 5) is 30.0. The first-order valence-corrected chi connectivity index (χ1v) is 14.3. The summed E-state index contributed by atoms with van der Waals surface area (Å²) in [6.07, 6.45) is -0.493. The molecule has 0 unspecified atom stereocenters. The van der Waals surface area contributed by atoms with Crippen molar-refractivity contribution in [2.24, 2.45) is 0 Å². The number of carboxylic acid groups (broad SMARTS) is 1. The molecule has 42 heavy (non-hydrogen) atoms. The molecule has 3 aromatic carbocycles. The fraction of sp³-hybridized carbons (Fsp3) is 0.394. The second-order valence-electron chi connectivity index (χ2n) is 10.8. The predicted molar refractivity (Wildman–Crippen MR) is 157 cm³/mol. The number of nitrogens with one attached hydrogen (secondary N) is 1. The van der Waals surface area contributed by atoms with E-state index in [9.17, 15) is 27.9 Å². The summed E-state index contributed by atoms with van der Waals surface area (Å²) >= 11 is 0. The van der Waals surface area contributed by atoms with Crippen LogP contribution in [0.25, 0.3) is 16.9 Å². The monoisotopic (exact) mass is 580 g/mol. The Balaban J connectivity index is 0.000000612. The third kappa shape index (κ3) is 7.38. The Bertz CT molecular complexity index is 1300. The zero-order valence-corrected chi connectivity index (χ0v) is 23.6. The molecule has 5 rings (SSSR count). The quantitative estimate of drug-likeness (QED) is 0.305. The van der Waals surface area contributed by atoms with Gasteiger partial charge in [0.2, 0.25) is 5.91 Å². The predicted octanol–water partition coefficient (Wildman–Crippen LogP) is 6.59. The van der Waals surface area contributed by atoms with E-state index in [1.165, 1.54) is 0 Å². The molecule has 0 atom stereocenters. The molecule has 1 aliphatic carbocycles. The second kappa shape index (κ2) is 14.0. The highest BCUT2D eigenvalue weighted by atomic mass is 19.4. The van der Waals surface area contributed by atoms with Crippen LogP contribution in [0.2, 0.25) is 0 Å². The van der Waals surface area contributed by atoms with Crippen LogP contribution in [-0.2, 0) is 21.4 Å². The van der Waals surface area contributed by atoms with Crippen molar-refractivity contribution in [3.05, 3.63) is 101 Å². The largest absolute Gasteiger partial charge is 0.670 e. The van der Waals surface area contributed by atoms with Gasteiger partial charge in [0.15, 0.2) is 0 Å². The van der Waals surface area contributed by atoms with E-state index < -0.39 is 24.1 Å². The zero-order valence-electron chi connectivity index (χ0n) is 23.6. The van der Waals surface area contributed by atoms with Crippen molar-refractivity contribution in [3.8, 4) is 11.1 Å². The number of amides is 1. The number of benzene rings is 3. The Morgan fingerprint density at radius 3 is 1.95 bits per heavy atom. The van der Waals surface area contributed by atoms with Crippen molar-refractivity contribution in [2.75, 3.05) is 39.3 Å². The number of nitrogens with zero attached hydrogens (tertiary/aromatic N) is 2. The molecule has 0 spiro atoms. The van der Waals surface area contributed by atoms with Crippen LogP contribution in [0.3, 0.4) is 0 Å². The maximum atomic E-state index is 12.8. The third-order valence-corrected chi connectivity index (χ3v) is 8.04. The molecule has 2 aliphatic rings. The molecule has 2 N–H and O–H groups in total. The Labute approximate surface area is 244 Å². The summed E-state index contributed by atoms with van der Waals surface area (Å²) in [5, 5.41) is 10.5. The van der Waals surface area contributed by atoms with Gasteiger partial charge in [-0.15, -0.1) is 0 Å². The summed E-state index contributed by atoms with van der Waals surface area (Å²) in [7, 11) is 0. The summed E-state index contributed by atoms with van der Waals surface area (Å²) < 4.78 is 31.8. The normalized spacial score (nSPS) is 16.0. The first kappa shape index (κ1) is 31.3. The molecular weight excluding hydrogens is 543 g/mol. The molecule has 9 heteroatoms. The van der Waals surface area contributed by atoms with Crippen molar-refractivity contribution in [1.82, 2.24) is 9.80 Å². The van der Waals surface area contributed by atoms with Crippen LogP contribution in [-0.4, -0.2) is 72.2 Å². The van der Waals surface area contributed by atoms with Crippen molar-refractivity contribution in [2.45, 2.75) is 43.7 Å². The number of alkyl halides is 3. The van der Waals surface area contributed by atoms with E-state index in [0.717, 1.165) is 79.8 Å². The lowest BCUT2D eigenvalue weighted by atomic mass is 9.74. The lowest BCUT2D eigenvalue weighted by Crippen LogP contribution is -2.36. The molecule has 224 valence electrons. The van der Waals surface area contributed by atoms with Gasteiger partial charge in [0.25, 0.3) is 0 Å². The maximum Gasteiger partial charge on any atom is 0.370 e. The van der Waals surface area contributed by atoms with Crippen molar-refractivity contribution < 1.29 is 27.9 Å². The Morgan fingerprint density at radius 1 is 0.810 bits per heavy atom. The van der Waals surface area contributed by atoms with Gasteiger partial charge < -0.3 is 20.6 Å². The molecule has 1 heterocycles. The number of carbonyl (C=O) groups excluding carboxylic acids is 1. The van der Waals surface area contributed by atoms with Crippen LogP contribution < -0.4 is 0 Å². The number of rotatable bonds is 8. The minimum absolute atomic E-state index is 0.199. The number of aliphatic carboxylic acids is 1. The summed E-state index contributed by atoms with van der Waals surface area (Å²) in [5.41, 5.74) is 9.74. The molecule has 0 aromatic heterocycles. The number of hydrogen-bond donors (Lipinski definition) is 1. The number of hydrogen-bond acceptors (Lipinski definition) is 3. The number of carbonyl (C=O) groups is 2. The molecule has 0 bridgehead atoms. The van der Waals surface area contributed by atoms with Crippen LogP contribution in [0.4, 0.5) is 13.2 Å². The molecule has 1 aliphatic heterocycles. The van der Waals surface area contributed by atoms with Gasteiger partial charge in [0.1, 0.15) is 5.41 Å². The van der Waals surface area contributed by atoms with Gasteiger partial charge in [0, 0.05) is 19.6 Å². The van der Waals surface area contributed by atoms with Gasteiger partial charge >= 0.3 is 12.1 Å². The van der Waals surface area contributed by atoms with E-state index in [1.54, 1.807) is 0 Å². The van der Waals surface area contributed by atoms with Crippen molar-refractivity contribution >= 4 is 11.9 Å². The molecule has 1 fully saturated rings. The lowest BCUT2D eigenvalue weighted by Gasteiger charge is -2.28. The summed E-state index contributed by atoms with van der Waals surface area (Å²) in [5.74, 6) is -0.563. The average Bonchev–Trinajstić information content (AvgIpc) is 3.09. The van der Waals surface area contributed by atoms with Crippen LogP contribution in [0, 0.1) is 0 Å². The van der Waals surface area contributed by atoms with Gasteiger partial charge in [-0.2, -0.15) is 13.2 Å². The SMILES string of the molecule is O=C(Cc1ccccc1)N1CCCN(CCCCC2(C(=O)O)c3ccccc3-c3ccccc32)CC1.[NH-]CC(F)(F)F. The minimum atomic E-state index is -4.29. The van der Waals surface area contributed by atoms with Gasteiger partial charge in [-0.05, 0) is 60.2 Å². The van der Waals surface area contributed by atoms with E-state index in [1.807, 2.05) is 83.8 Å². The van der Waals surface area contributed by atoms with Crippen LogP contribution in [0.5, 0.6) is 0 Å². The van der Waals surface area contributed by atoms with E-state index >= 15 is 0 Å². The average molecular weight is 581 g/mol. The molecule has 3 aromatic rings. The number of unbranched alkanes of at least 4 members (excludes halogenated alkanes) is 1. The smallest absolute Gasteiger partial charge is 0.370 e. The topological polar surface area (TPSA) is 84.7 Å². The van der Waals surface area contributed by atoms with Gasteiger partial charge in [-0.3, -0.25) is 9.59 Å². The minimum Gasteiger partial charge on any atom is -0.670 e. The Hall–Kier alpha value is -3.69. The van der Waals surface area contributed by atoms with Crippen LogP contribution in [0.15, 0.2) is 78.9 Å². The van der Waals surface area contributed by atoms with Gasteiger partial charge in [-0.25, -0.2) is 0 Å². The summed E-state index contributed by atoms with van der Waals surface area (Å²) in [6, 6.07) is 25.9. The zero-order chi connectivity index (χ0) is 30.2. The van der Waals surface area contributed by atoms with Crippen LogP contribution >= 0.6 is 0 Å². The van der Waals surface area contributed by atoms with Crippen molar-refractivity contribution in [3.63, 3.8) is 0 Å². The fourth-order valence-electron chi connectivity index (χ4n) is 5.98. The van der Waals surface area contributed by atoms with E-state index in [0.29, 0.717) is 12.8 Å². The van der Waals surface area contributed by atoms with E-state index in [-0.39, 0.29) is 5.91 Å². The number of fused-ring (bicyclic) bond motifs is 3. The molecule has 0 saturated carbocycles. The molecular formula is C33H37F3N3O3-. The molecule has 0 radical (unpaired) electrons. The van der Waals surface area contributed by atoms with E-state index in [4.69, 9.17) is 5.73 Å². The lowest BCUT2D eigenvalue weighted by molar-refractivity contribution is -0.142. The highest BCUT2D eigenvalue weighted by Crippen LogP contribution is 2.51. The van der Waals surface area contributed by atoms with Crippen molar-refractivity contribution in [1.29, 1.82) is 0 Å². The van der Waals surface area contributed by atoms with Gasteiger partial charge in [-0.1, -0.05) is 91.8 Å². The standard InChI is InChI=1S/C31H34N2O3.C2H3F3N/c34-29(23-24-11-2-1-3-12-24)33-20-10-19-32(21-22-33)18-9-8-17-31(30(35)36)27-15-6-4-13-25(27)26-14-5-7-16-28(26)31;3-2(4,5)1-6/h1-7,11-16H,8-10,17-23H2,(H,35,36);6H,1H2/q;-1. The molecule has 1 saturated heterocycles. The third-order valence-electron chi connectivity index (χ3n) is 8.04.